The molecule has 0 spiro atoms. The second kappa shape index (κ2) is 6.14. The SMILES string of the molecule is Cc1ccccc1-c1nnc2n1CN(Cc1ccccn1)CS2. The number of benzene rings is 1. The largest absolute Gasteiger partial charge is 0.288 e. The van der Waals surface area contributed by atoms with Crippen LogP contribution in [-0.4, -0.2) is 30.5 Å². The van der Waals surface area contributed by atoms with Crippen molar-refractivity contribution in [2.75, 3.05) is 5.88 Å². The predicted molar refractivity (Wildman–Crippen MR) is 90.7 cm³/mol. The van der Waals surface area contributed by atoms with E-state index in [9.17, 15) is 0 Å². The molecule has 3 heterocycles. The highest BCUT2D eigenvalue weighted by atomic mass is 32.2. The number of thioether (sulfide) groups is 1. The molecular weight excluding hydrogens is 306 g/mol. The zero-order valence-electron chi connectivity index (χ0n) is 12.9. The quantitative estimate of drug-likeness (QED) is 0.741. The first-order chi connectivity index (χ1) is 11.3. The Morgan fingerprint density at radius 2 is 1.96 bits per heavy atom. The minimum absolute atomic E-state index is 0.787. The summed E-state index contributed by atoms with van der Waals surface area (Å²) < 4.78 is 2.19. The lowest BCUT2D eigenvalue weighted by atomic mass is 10.1. The molecule has 2 aromatic heterocycles. The fraction of sp³-hybridized carbons (Fsp3) is 0.235. The molecule has 5 nitrogen and oxygen atoms in total. The molecule has 0 aliphatic carbocycles. The first-order valence-electron chi connectivity index (χ1n) is 7.55. The fourth-order valence-corrected chi connectivity index (χ4v) is 3.62. The molecule has 0 saturated carbocycles. The Morgan fingerprint density at radius 1 is 1.09 bits per heavy atom. The van der Waals surface area contributed by atoms with Crippen molar-refractivity contribution in [2.45, 2.75) is 25.3 Å². The summed E-state index contributed by atoms with van der Waals surface area (Å²) in [4.78, 5) is 6.77. The zero-order valence-corrected chi connectivity index (χ0v) is 13.7. The summed E-state index contributed by atoms with van der Waals surface area (Å²) in [5.41, 5.74) is 3.45. The number of rotatable bonds is 3. The van der Waals surface area contributed by atoms with Gasteiger partial charge in [0.1, 0.15) is 0 Å². The van der Waals surface area contributed by atoms with Crippen molar-refractivity contribution >= 4 is 11.8 Å². The van der Waals surface area contributed by atoms with E-state index in [1.807, 2.05) is 24.4 Å². The average Bonchev–Trinajstić information content (AvgIpc) is 2.99. The maximum Gasteiger partial charge on any atom is 0.193 e. The third kappa shape index (κ3) is 2.87. The summed E-state index contributed by atoms with van der Waals surface area (Å²) in [6.45, 7) is 3.73. The third-order valence-corrected chi connectivity index (χ3v) is 4.99. The van der Waals surface area contributed by atoms with Crippen molar-refractivity contribution < 1.29 is 0 Å². The van der Waals surface area contributed by atoms with Gasteiger partial charge in [-0.05, 0) is 24.6 Å². The molecule has 0 bridgehead atoms. The van der Waals surface area contributed by atoms with Crippen LogP contribution in [0.4, 0.5) is 0 Å². The van der Waals surface area contributed by atoms with Gasteiger partial charge in [0.25, 0.3) is 0 Å². The smallest absolute Gasteiger partial charge is 0.193 e. The predicted octanol–water partition coefficient (Wildman–Crippen LogP) is 3.17. The third-order valence-electron chi connectivity index (χ3n) is 3.93. The lowest BCUT2D eigenvalue weighted by Gasteiger charge is -2.27. The summed E-state index contributed by atoms with van der Waals surface area (Å²) in [7, 11) is 0. The van der Waals surface area contributed by atoms with E-state index >= 15 is 0 Å². The normalized spacial score (nSPS) is 14.7. The number of fused-ring (bicyclic) bond motifs is 1. The molecule has 23 heavy (non-hydrogen) atoms. The van der Waals surface area contributed by atoms with Crippen molar-refractivity contribution in [1.82, 2.24) is 24.6 Å². The molecule has 1 aromatic carbocycles. The van der Waals surface area contributed by atoms with Crippen LogP contribution < -0.4 is 0 Å². The van der Waals surface area contributed by atoms with Crippen LogP contribution in [0.3, 0.4) is 0 Å². The molecule has 0 unspecified atom stereocenters. The second-order valence-corrected chi connectivity index (χ2v) is 6.53. The van der Waals surface area contributed by atoms with Crippen molar-refractivity contribution in [1.29, 1.82) is 0 Å². The molecule has 0 atom stereocenters. The monoisotopic (exact) mass is 323 g/mol. The minimum atomic E-state index is 0.787. The van der Waals surface area contributed by atoms with Gasteiger partial charge in [0.2, 0.25) is 0 Å². The molecule has 0 N–H and O–H groups in total. The summed E-state index contributed by atoms with van der Waals surface area (Å²) in [5, 5.41) is 9.76. The first kappa shape index (κ1) is 14.4. The Morgan fingerprint density at radius 3 is 2.78 bits per heavy atom. The van der Waals surface area contributed by atoms with Crippen LogP contribution in [0.2, 0.25) is 0 Å². The van der Waals surface area contributed by atoms with Crippen LogP contribution in [0.5, 0.6) is 0 Å². The van der Waals surface area contributed by atoms with E-state index < -0.39 is 0 Å². The summed E-state index contributed by atoms with van der Waals surface area (Å²) in [6.07, 6.45) is 1.84. The van der Waals surface area contributed by atoms with Gasteiger partial charge in [0.05, 0.1) is 18.2 Å². The zero-order chi connectivity index (χ0) is 15.6. The van der Waals surface area contributed by atoms with Crippen molar-refractivity contribution in [2.24, 2.45) is 0 Å². The van der Waals surface area contributed by atoms with Crippen LogP contribution in [-0.2, 0) is 13.2 Å². The average molecular weight is 323 g/mol. The number of pyridine rings is 1. The molecule has 6 heteroatoms. The standard InChI is InChI=1S/C17H17N5S/c1-13-6-2-3-8-15(13)16-19-20-17-22(16)11-21(12-23-17)10-14-7-4-5-9-18-14/h2-9H,10-12H2,1H3. The number of aryl methyl sites for hydroxylation is 1. The second-order valence-electron chi connectivity index (χ2n) is 5.61. The van der Waals surface area contributed by atoms with Crippen LogP contribution in [0, 0.1) is 6.92 Å². The molecule has 0 saturated heterocycles. The number of aromatic nitrogens is 4. The summed E-state index contributed by atoms with van der Waals surface area (Å²) in [5.74, 6) is 1.85. The topological polar surface area (TPSA) is 46.8 Å². The lowest BCUT2D eigenvalue weighted by molar-refractivity contribution is 0.229. The van der Waals surface area contributed by atoms with E-state index in [1.54, 1.807) is 11.8 Å². The molecule has 0 amide bonds. The molecule has 1 aliphatic rings. The Labute approximate surface area is 139 Å². The Hall–Kier alpha value is -2.18. The Kier molecular flexibility index (Phi) is 3.85. The van der Waals surface area contributed by atoms with Gasteiger partial charge in [-0.15, -0.1) is 10.2 Å². The molecule has 1 aliphatic heterocycles. The van der Waals surface area contributed by atoms with Gasteiger partial charge in [-0.25, -0.2) is 0 Å². The molecule has 4 rings (SSSR count). The van der Waals surface area contributed by atoms with Gasteiger partial charge >= 0.3 is 0 Å². The van der Waals surface area contributed by atoms with E-state index in [1.165, 1.54) is 5.56 Å². The van der Waals surface area contributed by atoms with Gasteiger partial charge in [-0.3, -0.25) is 14.5 Å². The number of nitrogens with zero attached hydrogens (tertiary/aromatic N) is 5. The van der Waals surface area contributed by atoms with E-state index in [4.69, 9.17) is 0 Å². The van der Waals surface area contributed by atoms with Gasteiger partial charge in [-0.2, -0.15) is 0 Å². The van der Waals surface area contributed by atoms with Crippen molar-refractivity contribution in [3.63, 3.8) is 0 Å². The van der Waals surface area contributed by atoms with Crippen LogP contribution in [0.25, 0.3) is 11.4 Å². The van der Waals surface area contributed by atoms with Crippen LogP contribution in [0.15, 0.2) is 53.8 Å². The highest BCUT2D eigenvalue weighted by Gasteiger charge is 2.23. The first-order valence-corrected chi connectivity index (χ1v) is 8.54. The van der Waals surface area contributed by atoms with Crippen LogP contribution in [0.1, 0.15) is 11.3 Å². The van der Waals surface area contributed by atoms with Crippen molar-refractivity contribution in [3.05, 3.63) is 59.9 Å². The lowest BCUT2D eigenvalue weighted by Crippen LogP contribution is -2.30. The Balaban J connectivity index is 1.62. The minimum Gasteiger partial charge on any atom is -0.288 e. The number of hydrogen-bond donors (Lipinski definition) is 0. The summed E-state index contributed by atoms with van der Waals surface area (Å²) >= 11 is 1.72. The molecule has 0 radical (unpaired) electrons. The van der Waals surface area contributed by atoms with E-state index in [0.717, 1.165) is 41.3 Å². The highest BCUT2D eigenvalue weighted by molar-refractivity contribution is 7.99. The van der Waals surface area contributed by atoms with Crippen LogP contribution >= 0.6 is 11.8 Å². The maximum absolute atomic E-state index is 4.42. The molecule has 3 aromatic rings. The summed E-state index contributed by atoms with van der Waals surface area (Å²) in [6, 6.07) is 14.4. The molecule has 0 fully saturated rings. The Bertz CT molecular complexity index is 815. The van der Waals surface area contributed by atoms with E-state index in [-0.39, 0.29) is 0 Å². The molecule has 116 valence electrons. The van der Waals surface area contributed by atoms with Gasteiger partial charge in [-0.1, -0.05) is 42.1 Å². The number of hydrogen-bond acceptors (Lipinski definition) is 5. The van der Waals surface area contributed by atoms with Gasteiger partial charge in [0, 0.05) is 18.3 Å². The fourth-order valence-electron chi connectivity index (χ4n) is 2.75. The molecular formula is C17H17N5S. The van der Waals surface area contributed by atoms with Gasteiger partial charge < -0.3 is 0 Å². The van der Waals surface area contributed by atoms with Crippen molar-refractivity contribution in [3.8, 4) is 11.4 Å². The van der Waals surface area contributed by atoms with E-state index in [2.05, 4.69) is 55.8 Å². The van der Waals surface area contributed by atoms with Gasteiger partial charge in [0.15, 0.2) is 11.0 Å². The van der Waals surface area contributed by atoms with E-state index in [0.29, 0.717) is 0 Å². The highest BCUT2D eigenvalue weighted by Crippen LogP contribution is 2.30. The maximum atomic E-state index is 4.42.